The van der Waals surface area contributed by atoms with E-state index in [-0.39, 0.29) is 12.1 Å². The fourth-order valence-corrected chi connectivity index (χ4v) is 3.19. The molecule has 0 radical (unpaired) electrons. The Bertz CT molecular complexity index is 483. The molecule has 0 aromatic carbocycles. The van der Waals surface area contributed by atoms with Crippen LogP contribution in [0.15, 0.2) is 24.4 Å². The van der Waals surface area contributed by atoms with Crippen molar-refractivity contribution in [2.45, 2.75) is 46.2 Å². The predicted octanol–water partition coefficient (Wildman–Crippen LogP) is 2.90. The lowest BCUT2D eigenvalue weighted by Crippen LogP contribution is -2.53. The van der Waals surface area contributed by atoms with E-state index in [2.05, 4.69) is 49.0 Å². The second kappa shape index (κ2) is 8.29. The van der Waals surface area contributed by atoms with Crippen LogP contribution in [-0.4, -0.2) is 53.0 Å². The summed E-state index contributed by atoms with van der Waals surface area (Å²) in [6.07, 6.45) is 2.86. The van der Waals surface area contributed by atoms with Crippen molar-refractivity contribution in [2.75, 3.05) is 26.2 Å². The summed E-state index contributed by atoms with van der Waals surface area (Å²) in [6, 6.07) is 6.63. The van der Waals surface area contributed by atoms with E-state index in [0.717, 1.165) is 38.3 Å². The maximum Gasteiger partial charge on any atom is 0.317 e. The van der Waals surface area contributed by atoms with E-state index in [9.17, 15) is 4.79 Å². The first-order valence-electron chi connectivity index (χ1n) is 8.67. The number of nitrogens with zero attached hydrogens (tertiary/aromatic N) is 3. The van der Waals surface area contributed by atoms with Crippen LogP contribution >= 0.6 is 0 Å². The van der Waals surface area contributed by atoms with Crippen LogP contribution in [0.3, 0.4) is 0 Å². The Labute approximate surface area is 140 Å². The topological polar surface area (TPSA) is 48.5 Å². The zero-order valence-corrected chi connectivity index (χ0v) is 14.8. The van der Waals surface area contributed by atoms with Gasteiger partial charge in [0.2, 0.25) is 0 Å². The van der Waals surface area contributed by atoms with Crippen molar-refractivity contribution in [3.05, 3.63) is 30.1 Å². The first kappa shape index (κ1) is 17.7. The van der Waals surface area contributed by atoms with Crippen molar-refractivity contribution >= 4 is 6.03 Å². The number of pyridine rings is 1. The van der Waals surface area contributed by atoms with E-state index in [1.54, 1.807) is 0 Å². The van der Waals surface area contributed by atoms with Gasteiger partial charge in [-0.25, -0.2) is 4.79 Å². The molecule has 1 aromatic rings. The van der Waals surface area contributed by atoms with Crippen molar-refractivity contribution < 1.29 is 4.79 Å². The molecule has 23 heavy (non-hydrogen) atoms. The van der Waals surface area contributed by atoms with Gasteiger partial charge < -0.3 is 10.2 Å². The highest BCUT2D eigenvalue weighted by Crippen LogP contribution is 2.19. The Hall–Kier alpha value is -1.62. The van der Waals surface area contributed by atoms with E-state index in [0.29, 0.717) is 12.0 Å². The molecule has 2 heterocycles. The fraction of sp³-hybridized carbons (Fsp3) is 0.667. The molecule has 1 aromatic heterocycles. The van der Waals surface area contributed by atoms with Crippen molar-refractivity contribution in [2.24, 2.45) is 5.92 Å². The second-order valence-electron chi connectivity index (χ2n) is 6.93. The average molecular weight is 318 g/mol. The smallest absolute Gasteiger partial charge is 0.317 e. The minimum absolute atomic E-state index is 0.0725. The summed E-state index contributed by atoms with van der Waals surface area (Å²) >= 11 is 0. The molecule has 1 aliphatic rings. The molecule has 1 N–H and O–H groups in total. The molecule has 0 aliphatic carbocycles. The normalized spacial score (nSPS) is 18.7. The Balaban J connectivity index is 1.80. The van der Waals surface area contributed by atoms with Gasteiger partial charge in [0.25, 0.3) is 0 Å². The Morgan fingerprint density at radius 2 is 1.87 bits per heavy atom. The van der Waals surface area contributed by atoms with Crippen molar-refractivity contribution in [1.29, 1.82) is 0 Å². The number of carbonyl (C=O) groups excluding carboxylic acids is 1. The zero-order valence-electron chi connectivity index (χ0n) is 14.8. The van der Waals surface area contributed by atoms with Gasteiger partial charge >= 0.3 is 6.03 Å². The lowest BCUT2D eigenvalue weighted by Gasteiger charge is -2.38. The van der Waals surface area contributed by atoms with Crippen LogP contribution in [0, 0.1) is 5.92 Å². The van der Waals surface area contributed by atoms with Crippen LogP contribution in [0.4, 0.5) is 4.79 Å². The Morgan fingerprint density at radius 3 is 2.43 bits per heavy atom. The molecular weight excluding hydrogens is 288 g/mol. The van der Waals surface area contributed by atoms with Gasteiger partial charge in [0, 0.05) is 44.5 Å². The summed E-state index contributed by atoms with van der Waals surface area (Å²) in [5, 5.41) is 3.11. The molecule has 2 amide bonds. The highest BCUT2D eigenvalue weighted by molar-refractivity contribution is 5.74. The molecule has 0 bridgehead atoms. The summed E-state index contributed by atoms with van der Waals surface area (Å²) < 4.78 is 0. The SMILES string of the molecule is CC(C)C[C@@H](C)NC(=O)N1CCN([C@H](C)c2ccccn2)CC1. The number of aromatic nitrogens is 1. The van der Waals surface area contributed by atoms with Crippen molar-refractivity contribution in [3.8, 4) is 0 Å². The number of hydrogen-bond acceptors (Lipinski definition) is 3. The van der Waals surface area contributed by atoms with Crippen LogP contribution in [0.25, 0.3) is 0 Å². The lowest BCUT2D eigenvalue weighted by atomic mass is 10.1. The predicted molar refractivity (Wildman–Crippen MR) is 93.2 cm³/mol. The quantitative estimate of drug-likeness (QED) is 0.908. The van der Waals surface area contributed by atoms with Crippen LogP contribution in [0.2, 0.25) is 0 Å². The van der Waals surface area contributed by atoms with E-state index in [1.165, 1.54) is 0 Å². The molecule has 5 nitrogen and oxygen atoms in total. The molecule has 1 saturated heterocycles. The molecule has 1 fully saturated rings. The Kier molecular flexibility index (Phi) is 6.39. The van der Waals surface area contributed by atoms with E-state index >= 15 is 0 Å². The number of rotatable bonds is 5. The second-order valence-corrected chi connectivity index (χ2v) is 6.93. The molecule has 5 heteroatoms. The van der Waals surface area contributed by atoms with Gasteiger partial charge in [-0.1, -0.05) is 19.9 Å². The molecule has 2 atom stereocenters. The number of hydrogen-bond donors (Lipinski definition) is 1. The van der Waals surface area contributed by atoms with Crippen molar-refractivity contribution in [3.63, 3.8) is 0 Å². The fourth-order valence-electron chi connectivity index (χ4n) is 3.19. The largest absolute Gasteiger partial charge is 0.336 e. The summed E-state index contributed by atoms with van der Waals surface area (Å²) in [6.45, 7) is 12.0. The Morgan fingerprint density at radius 1 is 1.17 bits per heavy atom. The highest BCUT2D eigenvalue weighted by Gasteiger charge is 2.25. The van der Waals surface area contributed by atoms with E-state index < -0.39 is 0 Å². The minimum Gasteiger partial charge on any atom is -0.336 e. The maximum absolute atomic E-state index is 12.3. The number of amides is 2. The average Bonchev–Trinajstić information content (AvgIpc) is 2.54. The molecule has 0 saturated carbocycles. The summed E-state index contributed by atoms with van der Waals surface area (Å²) in [4.78, 5) is 21.1. The van der Waals surface area contributed by atoms with Gasteiger partial charge in [-0.15, -0.1) is 0 Å². The summed E-state index contributed by atoms with van der Waals surface area (Å²) in [5.74, 6) is 0.598. The minimum atomic E-state index is 0.0725. The molecule has 0 spiro atoms. The van der Waals surface area contributed by atoms with Crippen LogP contribution in [0.5, 0.6) is 0 Å². The van der Waals surface area contributed by atoms with Crippen molar-refractivity contribution in [1.82, 2.24) is 20.1 Å². The van der Waals surface area contributed by atoms with Gasteiger partial charge in [0.1, 0.15) is 0 Å². The highest BCUT2D eigenvalue weighted by atomic mass is 16.2. The molecule has 1 aliphatic heterocycles. The molecule has 128 valence electrons. The van der Waals surface area contributed by atoms with Crippen LogP contribution in [0.1, 0.15) is 45.9 Å². The van der Waals surface area contributed by atoms with Gasteiger partial charge in [-0.2, -0.15) is 0 Å². The number of urea groups is 1. The molecular formula is C18H30N4O. The molecule has 2 rings (SSSR count). The van der Waals surface area contributed by atoms with Gasteiger partial charge in [-0.3, -0.25) is 9.88 Å². The lowest BCUT2D eigenvalue weighted by molar-refractivity contribution is 0.111. The van der Waals surface area contributed by atoms with Gasteiger partial charge in [0.05, 0.1) is 5.69 Å². The number of carbonyl (C=O) groups is 1. The molecule has 0 unspecified atom stereocenters. The van der Waals surface area contributed by atoms with Gasteiger partial charge in [-0.05, 0) is 38.3 Å². The number of nitrogens with one attached hydrogen (secondary N) is 1. The standard InChI is InChI=1S/C18H30N4O/c1-14(2)13-15(3)20-18(23)22-11-9-21(10-12-22)16(4)17-7-5-6-8-19-17/h5-8,14-16H,9-13H2,1-4H3,(H,20,23)/t15-,16-/m1/s1. The van der Waals surface area contributed by atoms with Crippen LogP contribution in [-0.2, 0) is 0 Å². The number of piperazine rings is 1. The maximum atomic E-state index is 12.3. The van der Waals surface area contributed by atoms with E-state index in [1.807, 2.05) is 23.2 Å². The third-order valence-electron chi connectivity index (χ3n) is 4.46. The first-order valence-corrected chi connectivity index (χ1v) is 8.67. The third kappa shape index (κ3) is 5.20. The van der Waals surface area contributed by atoms with Crippen LogP contribution < -0.4 is 5.32 Å². The van der Waals surface area contributed by atoms with Gasteiger partial charge in [0.15, 0.2) is 0 Å². The monoisotopic (exact) mass is 318 g/mol. The van der Waals surface area contributed by atoms with E-state index in [4.69, 9.17) is 0 Å². The zero-order chi connectivity index (χ0) is 16.8. The first-order chi connectivity index (χ1) is 11.0. The third-order valence-corrected chi connectivity index (χ3v) is 4.46. The summed E-state index contributed by atoms with van der Waals surface area (Å²) in [7, 11) is 0. The summed E-state index contributed by atoms with van der Waals surface area (Å²) in [5.41, 5.74) is 1.09.